The van der Waals surface area contributed by atoms with Gasteiger partial charge < -0.3 is 9.84 Å². The van der Waals surface area contributed by atoms with Gasteiger partial charge in [0.05, 0.1) is 12.7 Å². The van der Waals surface area contributed by atoms with Gasteiger partial charge in [-0.3, -0.25) is 4.79 Å². The van der Waals surface area contributed by atoms with E-state index in [0.29, 0.717) is 11.3 Å². The Hall–Kier alpha value is -1.51. The van der Waals surface area contributed by atoms with Gasteiger partial charge in [0.15, 0.2) is 17.3 Å². The average molecular weight is 208 g/mol. The molecule has 0 fully saturated rings. The van der Waals surface area contributed by atoms with E-state index < -0.39 is 0 Å². The van der Waals surface area contributed by atoms with Crippen molar-refractivity contribution >= 4 is 5.78 Å². The first-order valence-electron chi connectivity index (χ1n) is 4.89. The summed E-state index contributed by atoms with van der Waals surface area (Å²) in [6.45, 7) is 5.48. The lowest BCUT2D eigenvalue weighted by molar-refractivity contribution is 0.101. The third-order valence-corrected chi connectivity index (χ3v) is 2.36. The molecule has 0 aliphatic rings. The summed E-state index contributed by atoms with van der Waals surface area (Å²) < 4.78 is 5.02. The molecule has 0 spiro atoms. The van der Waals surface area contributed by atoms with Gasteiger partial charge in [-0.05, 0) is 30.5 Å². The van der Waals surface area contributed by atoms with Crippen molar-refractivity contribution in [2.75, 3.05) is 7.11 Å². The van der Waals surface area contributed by atoms with Gasteiger partial charge in [0.25, 0.3) is 0 Å². The molecule has 0 aromatic heterocycles. The third kappa shape index (κ3) is 2.29. The fourth-order valence-electron chi connectivity index (χ4n) is 1.39. The highest BCUT2D eigenvalue weighted by Gasteiger charge is 2.15. The van der Waals surface area contributed by atoms with E-state index in [9.17, 15) is 9.90 Å². The summed E-state index contributed by atoms with van der Waals surface area (Å²) in [5.74, 6) is 0.409. The number of phenolic OH excluding ortho intramolecular Hbond substituents is 1. The Labute approximate surface area is 89.7 Å². The van der Waals surface area contributed by atoms with Crippen LogP contribution in [0, 0.1) is 0 Å². The summed E-state index contributed by atoms with van der Waals surface area (Å²) in [7, 11) is 1.48. The molecule has 3 nitrogen and oxygen atoms in total. The number of hydrogen-bond acceptors (Lipinski definition) is 3. The Balaban J connectivity index is 3.38. The van der Waals surface area contributed by atoms with E-state index in [1.54, 1.807) is 12.1 Å². The number of ether oxygens (including phenoxy) is 1. The minimum atomic E-state index is -0.159. The highest BCUT2D eigenvalue weighted by Crippen LogP contribution is 2.34. The minimum Gasteiger partial charge on any atom is -0.504 e. The van der Waals surface area contributed by atoms with Crippen LogP contribution in [0.25, 0.3) is 0 Å². The fraction of sp³-hybridized carbons (Fsp3) is 0.417. The Morgan fingerprint density at radius 2 is 2.00 bits per heavy atom. The number of aromatic hydroxyl groups is 1. The molecule has 0 atom stereocenters. The number of carbonyl (C=O) groups excluding carboxylic acids is 1. The zero-order valence-electron chi connectivity index (χ0n) is 9.50. The number of carbonyl (C=O) groups is 1. The van der Waals surface area contributed by atoms with Crippen LogP contribution in [-0.2, 0) is 0 Å². The topological polar surface area (TPSA) is 46.5 Å². The van der Waals surface area contributed by atoms with Crippen LogP contribution in [0.5, 0.6) is 11.5 Å². The standard InChI is InChI=1S/C12H16O3/c1-7(2)9-5-10(8(3)13)12(14)11(6-9)15-4/h5-7,14H,1-4H3. The molecule has 0 aliphatic carbocycles. The van der Waals surface area contributed by atoms with Crippen molar-refractivity contribution in [1.82, 2.24) is 0 Å². The van der Waals surface area contributed by atoms with E-state index >= 15 is 0 Å². The molecule has 15 heavy (non-hydrogen) atoms. The van der Waals surface area contributed by atoms with Gasteiger partial charge in [-0.2, -0.15) is 0 Å². The van der Waals surface area contributed by atoms with Crippen LogP contribution in [0.2, 0.25) is 0 Å². The highest BCUT2D eigenvalue weighted by molar-refractivity contribution is 5.97. The normalized spacial score (nSPS) is 10.5. The second-order valence-electron chi connectivity index (χ2n) is 3.83. The molecule has 1 aromatic carbocycles. The van der Waals surface area contributed by atoms with E-state index in [1.807, 2.05) is 13.8 Å². The molecule has 1 aromatic rings. The lowest BCUT2D eigenvalue weighted by Crippen LogP contribution is -1.99. The molecule has 0 amide bonds. The monoisotopic (exact) mass is 208 g/mol. The summed E-state index contributed by atoms with van der Waals surface area (Å²) in [6.07, 6.45) is 0. The van der Waals surface area contributed by atoms with Gasteiger partial charge in [0, 0.05) is 0 Å². The number of rotatable bonds is 3. The van der Waals surface area contributed by atoms with Crippen molar-refractivity contribution in [2.45, 2.75) is 26.7 Å². The van der Waals surface area contributed by atoms with Crippen molar-refractivity contribution < 1.29 is 14.6 Å². The van der Waals surface area contributed by atoms with Crippen LogP contribution in [0.4, 0.5) is 0 Å². The van der Waals surface area contributed by atoms with Crippen molar-refractivity contribution in [3.05, 3.63) is 23.3 Å². The lowest BCUT2D eigenvalue weighted by atomic mass is 9.98. The number of hydrogen-bond donors (Lipinski definition) is 1. The zero-order valence-corrected chi connectivity index (χ0v) is 9.50. The molecule has 0 bridgehead atoms. The largest absolute Gasteiger partial charge is 0.504 e. The average Bonchev–Trinajstić information content (AvgIpc) is 2.17. The molecule has 1 rings (SSSR count). The second kappa shape index (κ2) is 4.34. The molecular formula is C12H16O3. The van der Waals surface area contributed by atoms with Crippen molar-refractivity contribution in [3.8, 4) is 11.5 Å². The Morgan fingerprint density at radius 1 is 1.40 bits per heavy atom. The zero-order chi connectivity index (χ0) is 11.6. The summed E-state index contributed by atoms with van der Waals surface area (Å²) >= 11 is 0. The highest BCUT2D eigenvalue weighted by atomic mass is 16.5. The summed E-state index contributed by atoms with van der Waals surface area (Å²) in [4.78, 5) is 11.3. The van der Waals surface area contributed by atoms with E-state index in [2.05, 4.69) is 0 Å². The van der Waals surface area contributed by atoms with Gasteiger partial charge in [0.1, 0.15) is 0 Å². The molecule has 3 heteroatoms. The first-order chi connectivity index (χ1) is 6.97. The number of methoxy groups -OCH3 is 1. The molecular weight excluding hydrogens is 192 g/mol. The quantitative estimate of drug-likeness (QED) is 0.777. The van der Waals surface area contributed by atoms with E-state index in [4.69, 9.17) is 4.74 Å². The maximum Gasteiger partial charge on any atom is 0.168 e. The first kappa shape index (κ1) is 11.6. The SMILES string of the molecule is COc1cc(C(C)C)cc(C(C)=O)c1O. The maximum absolute atomic E-state index is 11.3. The first-order valence-corrected chi connectivity index (χ1v) is 4.89. The molecule has 0 radical (unpaired) electrons. The number of ketones is 1. The molecule has 0 aliphatic heterocycles. The smallest absolute Gasteiger partial charge is 0.168 e. The van der Waals surface area contributed by atoms with Crippen molar-refractivity contribution in [2.24, 2.45) is 0 Å². The predicted molar refractivity (Wildman–Crippen MR) is 58.8 cm³/mol. The summed E-state index contributed by atoms with van der Waals surface area (Å²) in [5, 5.41) is 9.72. The summed E-state index contributed by atoms with van der Waals surface area (Å²) in [5.41, 5.74) is 1.30. The van der Waals surface area contributed by atoms with E-state index in [-0.39, 0.29) is 17.5 Å². The molecule has 0 saturated carbocycles. The predicted octanol–water partition coefficient (Wildman–Crippen LogP) is 2.73. The van der Waals surface area contributed by atoms with Gasteiger partial charge in [-0.25, -0.2) is 0 Å². The van der Waals surface area contributed by atoms with Crippen LogP contribution < -0.4 is 4.74 Å². The molecule has 0 saturated heterocycles. The van der Waals surface area contributed by atoms with Crippen LogP contribution in [0.15, 0.2) is 12.1 Å². The minimum absolute atomic E-state index is 0.0746. The Bertz CT molecular complexity index is 381. The van der Waals surface area contributed by atoms with Crippen molar-refractivity contribution in [3.63, 3.8) is 0 Å². The lowest BCUT2D eigenvalue weighted by Gasteiger charge is -2.12. The number of Topliss-reactive ketones (excluding diaryl/α,β-unsaturated/α-hetero) is 1. The molecule has 1 N–H and O–H groups in total. The van der Waals surface area contributed by atoms with Gasteiger partial charge in [0.2, 0.25) is 0 Å². The fourth-order valence-corrected chi connectivity index (χ4v) is 1.39. The number of benzene rings is 1. The molecule has 0 unspecified atom stereocenters. The maximum atomic E-state index is 11.3. The van der Waals surface area contributed by atoms with Crippen LogP contribution in [0.1, 0.15) is 42.6 Å². The molecule has 0 heterocycles. The number of phenols is 1. The van der Waals surface area contributed by atoms with E-state index in [1.165, 1.54) is 14.0 Å². The Morgan fingerprint density at radius 3 is 2.40 bits per heavy atom. The van der Waals surface area contributed by atoms with Crippen LogP contribution in [-0.4, -0.2) is 18.0 Å². The summed E-state index contributed by atoms with van der Waals surface area (Å²) in [6, 6.07) is 3.47. The third-order valence-electron chi connectivity index (χ3n) is 2.36. The van der Waals surface area contributed by atoms with E-state index in [0.717, 1.165) is 5.56 Å². The Kier molecular flexibility index (Phi) is 3.35. The van der Waals surface area contributed by atoms with Gasteiger partial charge in [-0.1, -0.05) is 13.8 Å². The van der Waals surface area contributed by atoms with Crippen LogP contribution in [0.3, 0.4) is 0 Å². The van der Waals surface area contributed by atoms with Gasteiger partial charge >= 0.3 is 0 Å². The van der Waals surface area contributed by atoms with Crippen LogP contribution >= 0.6 is 0 Å². The van der Waals surface area contributed by atoms with Crippen molar-refractivity contribution in [1.29, 1.82) is 0 Å². The molecule has 82 valence electrons. The van der Waals surface area contributed by atoms with Gasteiger partial charge in [-0.15, -0.1) is 0 Å². The second-order valence-corrected chi connectivity index (χ2v) is 3.83.